The van der Waals surface area contributed by atoms with Gasteiger partial charge in [-0.05, 0) is 90.5 Å². The summed E-state index contributed by atoms with van der Waals surface area (Å²) >= 11 is 0. The fourth-order valence-electron chi connectivity index (χ4n) is 3.06. The summed E-state index contributed by atoms with van der Waals surface area (Å²) < 4.78 is 0. The van der Waals surface area contributed by atoms with Gasteiger partial charge in [0, 0.05) is 18.5 Å². The van der Waals surface area contributed by atoms with E-state index >= 15 is 0 Å². The molecular formula is C37H57N5O2. The fraction of sp³-hybridized carbons (Fsp3) is 0.378. The molecule has 0 heterocycles. The summed E-state index contributed by atoms with van der Waals surface area (Å²) in [5.41, 5.74) is 16.9. The molecule has 1 amide bonds. The average molecular weight is 604 g/mol. The van der Waals surface area contributed by atoms with Gasteiger partial charge in [-0.15, -0.1) is 6.58 Å². The van der Waals surface area contributed by atoms with Gasteiger partial charge in [0.2, 0.25) is 5.91 Å². The van der Waals surface area contributed by atoms with Crippen LogP contribution in [0, 0.1) is 6.92 Å². The number of primary amides is 1. The van der Waals surface area contributed by atoms with Crippen molar-refractivity contribution in [2.75, 3.05) is 26.0 Å². The van der Waals surface area contributed by atoms with Crippen LogP contribution in [0.2, 0.25) is 0 Å². The first-order valence-electron chi connectivity index (χ1n) is 15.0. The SMILES string of the molecule is C=C(C)CC.C=C/C=C(C)\C=C/CC(N)=O.CC(=O)Cc1ccc(NC(N)=Nc2ccccc2C)cc1.CCCCN(C)C. The number of rotatable bonds is 12. The highest BCUT2D eigenvalue weighted by Gasteiger charge is 2.00. The van der Waals surface area contributed by atoms with Gasteiger partial charge in [-0.3, -0.25) is 9.59 Å². The van der Waals surface area contributed by atoms with E-state index in [0.717, 1.165) is 34.5 Å². The molecule has 0 unspecified atom stereocenters. The predicted molar refractivity (Wildman–Crippen MR) is 192 cm³/mol. The van der Waals surface area contributed by atoms with Crippen LogP contribution in [-0.2, 0) is 16.0 Å². The van der Waals surface area contributed by atoms with Gasteiger partial charge < -0.3 is 21.7 Å². The number of allylic oxidation sites excluding steroid dienone is 5. The second-order valence-electron chi connectivity index (χ2n) is 10.7. The van der Waals surface area contributed by atoms with Gasteiger partial charge in [0.05, 0.1) is 5.69 Å². The molecule has 242 valence electrons. The largest absolute Gasteiger partial charge is 0.369 e. The molecule has 2 rings (SSSR count). The van der Waals surface area contributed by atoms with E-state index in [1.165, 1.54) is 25.0 Å². The van der Waals surface area contributed by atoms with Crippen LogP contribution in [0.15, 0.2) is 102 Å². The van der Waals surface area contributed by atoms with Gasteiger partial charge in [0.25, 0.3) is 0 Å². The van der Waals surface area contributed by atoms with E-state index in [0.29, 0.717) is 18.8 Å². The fourth-order valence-corrected chi connectivity index (χ4v) is 3.06. The van der Waals surface area contributed by atoms with Crippen LogP contribution in [0.4, 0.5) is 11.4 Å². The van der Waals surface area contributed by atoms with Gasteiger partial charge >= 0.3 is 0 Å². The van der Waals surface area contributed by atoms with Crippen molar-refractivity contribution >= 4 is 29.0 Å². The summed E-state index contributed by atoms with van der Waals surface area (Å²) in [4.78, 5) is 27.9. The minimum absolute atomic E-state index is 0.149. The van der Waals surface area contributed by atoms with Crippen LogP contribution in [0.25, 0.3) is 0 Å². The van der Waals surface area contributed by atoms with Crippen LogP contribution in [0.5, 0.6) is 0 Å². The van der Waals surface area contributed by atoms with Crippen molar-refractivity contribution in [2.24, 2.45) is 16.5 Å². The first-order valence-corrected chi connectivity index (χ1v) is 15.0. The Morgan fingerprint density at radius 3 is 2.02 bits per heavy atom. The lowest BCUT2D eigenvalue weighted by Crippen LogP contribution is -2.22. The topological polar surface area (TPSA) is 114 Å². The van der Waals surface area contributed by atoms with Crippen LogP contribution in [-0.4, -0.2) is 43.2 Å². The number of unbranched alkanes of at least 4 members (excludes halogenated alkanes) is 1. The molecule has 0 saturated heterocycles. The number of hydrogen-bond acceptors (Lipinski definition) is 4. The Labute approximate surface area is 267 Å². The lowest BCUT2D eigenvalue weighted by Gasteiger charge is -2.07. The first kappa shape index (κ1) is 41.9. The molecule has 0 spiro atoms. The highest BCUT2D eigenvalue weighted by atomic mass is 16.1. The summed E-state index contributed by atoms with van der Waals surface area (Å²) in [6.45, 7) is 20.3. The molecular weight excluding hydrogens is 546 g/mol. The number of carbonyl (C=O) groups excluding carboxylic acids is 2. The minimum atomic E-state index is -0.312. The molecule has 0 atom stereocenters. The number of hydrogen-bond donors (Lipinski definition) is 3. The number of Topliss-reactive ketones (excluding diaryl/α,β-unsaturated/α-hetero) is 1. The number of aryl methyl sites for hydroxylation is 1. The van der Waals surface area contributed by atoms with Crippen molar-refractivity contribution in [3.8, 4) is 0 Å². The number of anilines is 1. The number of aliphatic imine (C=N–C) groups is 1. The van der Waals surface area contributed by atoms with Crippen LogP contribution >= 0.6 is 0 Å². The monoisotopic (exact) mass is 603 g/mol. The van der Waals surface area contributed by atoms with E-state index < -0.39 is 0 Å². The first-order chi connectivity index (χ1) is 20.7. The van der Waals surface area contributed by atoms with Crippen molar-refractivity contribution in [2.45, 2.75) is 73.6 Å². The summed E-state index contributed by atoms with van der Waals surface area (Å²) in [6.07, 6.45) is 11.6. The molecule has 7 nitrogen and oxygen atoms in total. The summed E-state index contributed by atoms with van der Waals surface area (Å²) in [6, 6.07) is 15.4. The Hall–Kier alpha value is -4.23. The quantitative estimate of drug-likeness (QED) is 0.0983. The van der Waals surface area contributed by atoms with E-state index in [-0.39, 0.29) is 11.7 Å². The van der Waals surface area contributed by atoms with Crippen LogP contribution < -0.4 is 16.8 Å². The van der Waals surface area contributed by atoms with E-state index in [1.54, 1.807) is 19.1 Å². The third-order valence-electron chi connectivity index (χ3n) is 5.68. The number of ketones is 1. The van der Waals surface area contributed by atoms with Gasteiger partial charge in [-0.1, -0.05) is 92.6 Å². The molecule has 2 aromatic rings. The average Bonchev–Trinajstić information content (AvgIpc) is 2.95. The molecule has 44 heavy (non-hydrogen) atoms. The summed E-state index contributed by atoms with van der Waals surface area (Å²) in [7, 11) is 4.21. The predicted octanol–water partition coefficient (Wildman–Crippen LogP) is 8.06. The Morgan fingerprint density at radius 2 is 1.59 bits per heavy atom. The highest BCUT2D eigenvalue weighted by Crippen LogP contribution is 2.17. The number of nitrogens with zero attached hydrogens (tertiary/aromatic N) is 2. The van der Waals surface area contributed by atoms with Crippen molar-refractivity contribution in [1.82, 2.24) is 4.90 Å². The maximum absolute atomic E-state index is 11.1. The molecule has 5 N–H and O–H groups in total. The molecule has 0 aliphatic carbocycles. The van der Waals surface area contributed by atoms with Crippen molar-refractivity contribution < 1.29 is 9.59 Å². The molecule has 0 bridgehead atoms. The zero-order valence-electron chi connectivity index (χ0n) is 28.5. The third kappa shape index (κ3) is 26.7. The molecule has 7 heteroatoms. The molecule has 2 aromatic carbocycles. The number of guanidine groups is 1. The maximum atomic E-state index is 11.1. The van der Waals surface area contributed by atoms with Gasteiger partial charge in [0.1, 0.15) is 5.78 Å². The number of nitrogens with two attached hydrogens (primary N) is 2. The van der Waals surface area contributed by atoms with E-state index in [1.807, 2.05) is 81.5 Å². The highest BCUT2D eigenvalue weighted by molar-refractivity contribution is 5.94. The Morgan fingerprint density at radius 1 is 1.00 bits per heavy atom. The zero-order valence-corrected chi connectivity index (χ0v) is 28.5. The normalized spacial score (nSPS) is 10.8. The second-order valence-corrected chi connectivity index (χ2v) is 10.7. The maximum Gasteiger partial charge on any atom is 0.221 e. The number of para-hydroxylation sites is 1. The number of amides is 1. The Balaban J connectivity index is 0. The van der Waals surface area contributed by atoms with Crippen molar-refractivity contribution in [1.29, 1.82) is 0 Å². The standard InChI is InChI=1S/C17H19N3O.C9H13NO.C6H15N.C5H10/c1-12-5-3-4-6-16(12)20-17(18)19-15-9-7-14(8-10-15)11-13(2)21;1-3-5-8(2)6-4-7-9(10)11;1-4-5-6-7(2)3;1-4-5(2)3/h3-10H,11H2,1-2H3,(H3,18,19,20);3-6H,1,7H2,2H3,(H2,10,11);4-6H2,1-3H3;2,4H2,1,3H3/b;6-4-,8-5-;;. The van der Waals surface area contributed by atoms with Gasteiger partial charge in [-0.25, -0.2) is 4.99 Å². The third-order valence-corrected chi connectivity index (χ3v) is 5.68. The molecule has 0 saturated carbocycles. The van der Waals surface area contributed by atoms with Crippen molar-refractivity contribution in [3.05, 3.63) is 108 Å². The molecule has 0 aliphatic rings. The summed E-state index contributed by atoms with van der Waals surface area (Å²) in [5, 5.41) is 3.04. The Kier molecular flexibility index (Phi) is 25.1. The smallest absolute Gasteiger partial charge is 0.221 e. The molecule has 0 aliphatic heterocycles. The number of carbonyl (C=O) groups is 2. The van der Waals surface area contributed by atoms with Crippen LogP contribution in [0.1, 0.15) is 71.4 Å². The number of nitrogens with one attached hydrogen (secondary N) is 1. The van der Waals surface area contributed by atoms with Gasteiger partial charge in [0.15, 0.2) is 5.96 Å². The minimum Gasteiger partial charge on any atom is -0.369 e. The number of benzene rings is 2. The Bertz CT molecular complexity index is 1210. The second kappa shape index (κ2) is 26.4. The van der Waals surface area contributed by atoms with Gasteiger partial charge in [-0.2, -0.15) is 0 Å². The lowest BCUT2D eigenvalue weighted by molar-refractivity contribution is -0.117. The molecule has 0 fully saturated rings. The molecule has 0 aromatic heterocycles. The lowest BCUT2D eigenvalue weighted by atomic mass is 10.1. The zero-order chi connectivity index (χ0) is 33.9. The van der Waals surface area contributed by atoms with E-state index in [2.05, 4.69) is 56.3 Å². The van der Waals surface area contributed by atoms with Crippen molar-refractivity contribution in [3.63, 3.8) is 0 Å². The van der Waals surface area contributed by atoms with E-state index in [4.69, 9.17) is 11.5 Å². The van der Waals surface area contributed by atoms with E-state index in [9.17, 15) is 9.59 Å². The molecule has 0 radical (unpaired) electrons. The summed E-state index contributed by atoms with van der Waals surface area (Å²) in [5.74, 6) is 0.174. The van der Waals surface area contributed by atoms with Crippen LogP contribution in [0.3, 0.4) is 0 Å².